The quantitative estimate of drug-likeness (QED) is 0.651. The molecule has 4 rings (SSSR count). The number of imidazole rings is 1. The molecule has 0 unspecified atom stereocenters. The van der Waals surface area contributed by atoms with Gasteiger partial charge in [-0.3, -0.25) is 4.57 Å². The zero-order chi connectivity index (χ0) is 18.1. The van der Waals surface area contributed by atoms with Crippen LogP contribution >= 0.6 is 0 Å². The molecule has 9 heteroatoms. The number of aromatic amines is 1. The number of hydrogen-bond donors (Lipinski definition) is 3. The predicted molar refractivity (Wildman–Crippen MR) is 95.7 cm³/mol. The Morgan fingerprint density at radius 2 is 2.19 bits per heavy atom. The summed E-state index contributed by atoms with van der Waals surface area (Å²) in [6.07, 6.45) is 6.01. The van der Waals surface area contributed by atoms with Gasteiger partial charge in [-0.05, 0) is 25.0 Å². The van der Waals surface area contributed by atoms with Crippen molar-refractivity contribution in [3.63, 3.8) is 0 Å². The molecule has 9 nitrogen and oxygen atoms in total. The summed E-state index contributed by atoms with van der Waals surface area (Å²) >= 11 is 0. The van der Waals surface area contributed by atoms with Crippen molar-refractivity contribution in [1.82, 2.24) is 24.5 Å². The van der Waals surface area contributed by atoms with Gasteiger partial charge in [0.05, 0.1) is 25.5 Å². The van der Waals surface area contributed by atoms with Crippen LogP contribution in [0.3, 0.4) is 0 Å². The second-order valence-corrected chi connectivity index (χ2v) is 6.34. The minimum Gasteiger partial charge on any atom is -0.480 e. The van der Waals surface area contributed by atoms with Gasteiger partial charge in [-0.1, -0.05) is 12.8 Å². The summed E-state index contributed by atoms with van der Waals surface area (Å²) < 4.78 is 6.77. The van der Waals surface area contributed by atoms with Gasteiger partial charge in [-0.15, -0.1) is 0 Å². The third kappa shape index (κ3) is 2.90. The van der Waals surface area contributed by atoms with E-state index >= 15 is 0 Å². The molecule has 0 saturated heterocycles. The molecule has 3 N–H and O–H groups in total. The van der Waals surface area contributed by atoms with Crippen LogP contribution in [0.15, 0.2) is 29.3 Å². The van der Waals surface area contributed by atoms with E-state index in [-0.39, 0.29) is 11.7 Å². The van der Waals surface area contributed by atoms with Crippen molar-refractivity contribution >= 4 is 22.8 Å². The second-order valence-electron chi connectivity index (χ2n) is 6.34. The lowest BCUT2D eigenvalue weighted by molar-refractivity contribution is 0.0756. The van der Waals surface area contributed by atoms with Crippen LogP contribution in [0.2, 0.25) is 0 Å². The molecule has 3 heterocycles. The molecule has 1 fully saturated rings. The van der Waals surface area contributed by atoms with Crippen LogP contribution in [-0.2, 0) is 0 Å². The highest BCUT2D eigenvalue weighted by Gasteiger charge is 2.28. The van der Waals surface area contributed by atoms with Crippen LogP contribution in [0.5, 0.6) is 5.88 Å². The zero-order valence-corrected chi connectivity index (χ0v) is 14.3. The first-order chi connectivity index (χ1) is 12.7. The molecule has 0 aliphatic heterocycles. The molecule has 0 spiro atoms. The minimum absolute atomic E-state index is 0.277. The normalized spacial score (nSPS) is 20.2. The minimum atomic E-state index is -0.551. The van der Waals surface area contributed by atoms with Crippen LogP contribution in [0.1, 0.15) is 31.7 Å². The van der Waals surface area contributed by atoms with E-state index in [4.69, 9.17) is 4.74 Å². The molecular formula is C17H20N6O3. The zero-order valence-electron chi connectivity index (χ0n) is 14.3. The van der Waals surface area contributed by atoms with Gasteiger partial charge in [0, 0.05) is 6.20 Å². The summed E-state index contributed by atoms with van der Waals surface area (Å²) in [4.78, 5) is 28.1. The van der Waals surface area contributed by atoms with E-state index in [9.17, 15) is 9.90 Å². The van der Waals surface area contributed by atoms with E-state index < -0.39 is 6.10 Å². The summed E-state index contributed by atoms with van der Waals surface area (Å²) in [5.74, 6) is 0.743. The fraction of sp³-hybridized carbons (Fsp3) is 0.412. The predicted octanol–water partition coefficient (Wildman–Crippen LogP) is 1.74. The van der Waals surface area contributed by atoms with Crippen LogP contribution in [0, 0.1) is 0 Å². The van der Waals surface area contributed by atoms with E-state index in [0.29, 0.717) is 35.1 Å². The Bertz CT molecular complexity index is 982. The summed E-state index contributed by atoms with van der Waals surface area (Å²) in [7, 11) is 1.53. The number of aromatic nitrogens is 5. The molecule has 1 saturated carbocycles. The van der Waals surface area contributed by atoms with Crippen LogP contribution < -0.4 is 15.7 Å². The van der Waals surface area contributed by atoms with Gasteiger partial charge in [0.25, 0.3) is 0 Å². The molecule has 0 aromatic carbocycles. The van der Waals surface area contributed by atoms with Crippen molar-refractivity contribution in [2.75, 3.05) is 12.4 Å². The Hall–Kier alpha value is -2.94. The number of nitrogens with zero attached hydrogens (tertiary/aromatic N) is 4. The van der Waals surface area contributed by atoms with E-state index in [1.807, 2.05) is 0 Å². The van der Waals surface area contributed by atoms with Crippen molar-refractivity contribution in [1.29, 1.82) is 0 Å². The third-order valence-electron chi connectivity index (χ3n) is 4.69. The van der Waals surface area contributed by atoms with Crippen LogP contribution in [0.25, 0.3) is 11.2 Å². The number of aliphatic hydroxyl groups excluding tert-OH is 1. The maximum absolute atomic E-state index is 12.4. The highest BCUT2D eigenvalue weighted by Crippen LogP contribution is 2.30. The van der Waals surface area contributed by atoms with Crippen molar-refractivity contribution in [3.05, 3.63) is 35.0 Å². The van der Waals surface area contributed by atoms with E-state index in [2.05, 4.69) is 25.3 Å². The number of ether oxygens (including phenoxy) is 1. The largest absolute Gasteiger partial charge is 0.480 e. The van der Waals surface area contributed by atoms with Crippen molar-refractivity contribution < 1.29 is 9.84 Å². The fourth-order valence-electron chi connectivity index (χ4n) is 3.45. The Kier molecular flexibility index (Phi) is 4.29. The second kappa shape index (κ2) is 6.75. The molecule has 2 atom stereocenters. The van der Waals surface area contributed by atoms with Crippen LogP contribution in [-0.4, -0.2) is 42.8 Å². The summed E-state index contributed by atoms with van der Waals surface area (Å²) in [6, 6.07) is 3.29. The molecule has 1 aliphatic carbocycles. The maximum atomic E-state index is 12.4. The lowest BCUT2D eigenvalue weighted by Gasteiger charge is -2.28. The SMILES string of the molecule is COc1ncccc1Nc1ncc2[nH]c(=O)n([C@H]3CCCC[C@@H]3O)c2n1. The standard InChI is InChI=1S/C17H20N6O3/c1-26-15-10(5-4-8-18-15)20-16-19-9-11-14(22-16)23(17(25)21-11)12-6-2-3-7-13(12)24/h4-5,8-9,12-13,24H,2-3,6-7H2,1H3,(H,21,25)(H,19,20,22)/t12-,13-/m0/s1. The van der Waals surface area contributed by atoms with Crippen LogP contribution in [0.4, 0.5) is 11.6 Å². The van der Waals surface area contributed by atoms with Gasteiger partial charge in [-0.2, -0.15) is 4.98 Å². The number of nitrogens with one attached hydrogen (secondary N) is 2. The average molecular weight is 356 g/mol. The van der Waals surface area contributed by atoms with Gasteiger partial charge in [-0.25, -0.2) is 14.8 Å². The molecule has 1 aliphatic rings. The van der Waals surface area contributed by atoms with E-state index in [1.54, 1.807) is 29.1 Å². The Morgan fingerprint density at radius 1 is 1.35 bits per heavy atom. The lowest BCUT2D eigenvalue weighted by Crippen LogP contribution is -2.33. The highest BCUT2D eigenvalue weighted by atomic mass is 16.5. The fourth-order valence-corrected chi connectivity index (χ4v) is 3.45. The van der Waals surface area contributed by atoms with E-state index in [1.165, 1.54) is 7.11 Å². The Balaban J connectivity index is 1.74. The van der Waals surface area contributed by atoms with Gasteiger partial charge in [0.15, 0.2) is 5.65 Å². The lowest BCUT2D eigenvalue weighted by atomic mass is 9.92. The molecule has 0 bridgehead atoms. The molecule has 3 aromatic heterocycles. The number of hydrogen-bond acceptors (Lipinski definition) is 7. The van der Waals surface area contributed by atoms with Gasteiger partial charge >= 0.3 is 5.69 Å². The number of rotatable bonds is 4. The number of anilines is 2. The summed E-state index contributed by atoms with van der Waals surface area (Å²) in [5.41, 5.74) is 1.35. The number of pyridine rings is 1. The average Bonchev–Trinajstić information content (AvgIpc) is 2.98. The van der Waals surface area contributed by atoms with Gasteiger partial charge in [0.1, 0.15) is 11.2 Å². The Morgan fingerprint density at radius 3 is 3.00 bits per heavy atom. The number of H-pyrrole nitrogens is 1. The highest BCUT2D eigenvalue weighted by molar-refractivity contribution is 5.72. The molecule has 26 heavy (non-hydrogen) atoms. The molecule has 3 aromatic rings. The topological polar surface area (TPSA) is 118 Å². The number of fused-ring (bicyclic) bond motifs is 1. The smallest absolute Gasteiger partial charge is 0.328 e. The first-order valence-corrected chi connectivity index (χ1v) is 8.58. The first kappa shape index (κ1) is 16.5. The monoisotopic (exact) mass is 356 g/mol. The van der Waals surface area contributed by atoms with Crippen molar-refractivity contribution in [3.8, 4) is 5.88 Å². The molecule has 0 radical (unpaired) electrons. The summed E-state index contributed by atoms with van der Waals surface area (Å²) in [5, 5.41) is 13.4. The molecule has 0 amide bonds. The first-order valence-electron chi connectivity index (χ1n) is 8.58. The van der Waals surface area contributed by atoms with Crippen molar-refractivity contribution in [2.24, 2.45) is 0 Å². The number of methoxy groups -OCH3 is 1. The third-order valence-corrected chi connectivity index (χ3v) is 4.69. The maximum Gasteiger partial charge on any atom is 0.328 e. The summed E-state index contributed by atoms with van der Waals surface area (Å²) in [6.45, 7) is 0. The van der Waals surface area contributed by atoms with E-state index in [0.717, 1.165) is 19.3 Å². The Labute approximate surface area is 149 Å². The number of aliphatic hydroxyl groups is 1. The van der Waals surface area contributed by atoms with Gasteiger partial charge in [0.2, 0.25) is 11.8 Å². The molecule has 136 valence electrons. The van der Waals surface area contributed by atoms with Gasteiger partial charge < -0.3 is 20.1 Å². The van der Waals surface area contributed by atoms with Crippen molar-refractivity contribution in [2.45, 2.75) is 37.8 Å². The molecular weight excluding hydrogens is 336 g/mol.